The minimum atomic E-state index is -1.12. The van der Waals surface area contributed by atoms with Crippen molar-refractivity contribution in [2.24, 2.45) is 0 Å². The summed E-state index contributed by atoms with van der Waals surface area (Å²) in [6.07, 6.45) is 0. The van der Waals surface area contributed by atoms with Crippen molar-refractivity contribution in [2.45, 2.75) is 6.92 Å². The van der Waals surface area contributed by atoms with Crippen LogP contribution in [0.5, 0.6) is 5.75 Å². The van der Waals surface area contributed by atoms with E-state index in [0.29, 0.717) is 6.61 Å². The van der Waals surface area contributed by atoms with E-state index < -0.39 is 11.8 Å². The minimum Gasteiger partial charge on any atom is -0.870 e. The maximum atomic E-state index is 12.7. The molecule has 0 amide bonds. The van der Waals surface area contributed by atoms with Crippen LogP contribution in [0.1, 0.15) is 17.3 Å². The van der Waals surface area contributed by atoms with Crippen LogP contribution in [0.2, 0.25) is 0 Å². The first-order valence-corrected chi connectivity index (χ1v) is 3.80. The van der Waals surface area contributed by atoms with E-state index in [0.717, 1.165) is 12.1 Å². The Morgan fingerprint density at radius 2 is 2.13 bits per heavy atom. The van der Waals surface area contributed by atoms with Gasteiger partial charge in [0.05, 0.1) is 6.61 Å². The monoisotopic (exact) mass is 224 g/mol. The van der Waals surface area contributed by atoms with Gasteiger partial charge in [-0.05, 0) is 19.1 Å². The van der Waals surface area contributed by atoms with Crippen molar-refractivity contribution in [2.75, 3.05) is 6.61 Å². The molecule has 1 rings (SSSR count). The molecule has 0 spiro atoms. The van der Waals surface area contributed by atoms with Gasteiger partial charge in [-0.2, -0.15) is 0 Å². The van der Waals surface area contributed by atoms with E-state index in [1.807, 2.05) is 0 Å². The zero-order valence-corrected chi connectivity index (χ0v) is 10.5. The molecule has 4 nitrogen and oxygen atoms in total. The molecule has 6 heteroatoms. The SMILES string of the molecule is CCOc1cc(F)ccc1C(=O)O.[Na+].[OH-]. The third kappa shape index (κ3) is 4.61. The van der Waals surface area contributed by atoms with E-state index in [4.69, 9.17) is 9.84 Å². The Morgan fingerprint density at radius 1 is 1.53 bits per heavy atom. The molecule has 78 valence electrons. The maximum Gasteiger partial charge on any atom is 1.00 e. The maximum absolute atomic E-state index is 12.7. The first-order valence-electron chi connectivity index (χ1n) is 3.80. The Balaban J connectivity index is 0. The summed E-state index contributed by atoms with van der Waals surface area (Å²) >= 11 is 0. The van der Waals surface area contributed by atoms with Gasteiger partial charge in [-0.3, -0.25) is 0 Å². The average molecular weight is 224 g/mol. The van der Waals surface area contributed by atoms with Crippen LogP contribution in [-0.4, -0.2) is 23.2 Å². The second kappa shape index (κ2) is 7.64. The Hall–Kier alpha value is -0.620. The van der Waals surface area contributed by atoms with Gasteiger partial charge in [-0.25, -0.2) is 9.18 Å². The number of aromatic carboxylic acids is 1. The normalized spacial score (nSPS) is 8.40. The molecule has 0 unspecified atom stereocenters. The van der Waals surface area contributed by atoms with Gasteiger partial charge in [0.2, 0.25) is 0 Å². The van der Waals surface area contributed by atoms with Gasteiger partial charge in [0.1, 0.15) is 17.1 Å². The Kier molecular flexibility index (Phi) is 8.56. The van der Waals surface area contributed by atoms with Crippen LogP contribution < -0.4 is 34.3 Å². The first kappa shape index (κ1) is 16.8. The summed E-state index contributed by atoms with van der Waals surface area (Å²) in [6.45, 7) is 2.01. The van der Waals surface area contributed by atoms with E-state index in [-0.39, 0.29) is 46.3 Å². The second-order valence-corrected chi connectivity index (χ2v) is 2.38. The summed E-state index contributed by atoms with van der Waals surface area (Å²) in [5, 5.41) is 8.68. The van der Waals surface area contributed by atoms with Gasteiger partial charge in [0.15, 0.2) is 0 Å². The van der Waals surface area contributed by atoms with Crippen LogP contribution in [0.25, 0.3) is 0 Å². The molecular formula is C9H10FNaO4. The molecular weight excluding hydrogens is 214 g/mol. The van der Waals surface area contributed by atoms with Crippen molar-refractivity contribution < 1.29 is 54.1 Å². The number of ether oxygens (including phenoxy) is 1. The third-order valence-corrected chi connectivity index (χ3v) is 1.47. The second-order valence-electron chi connectivity index (χ2n) is 2.38. The topological polar surface area (TPSA) is 76.5 Å². The minimum absolute atomic E-state index is 0. The molecule has 0 atom stereocenters. The summed E-state index contributed by atoms with van der Waals surface area (Å²) in [4.78, 5) is 10.6. The quantitative estimate of drug-likeness (QED) is 0.651. The fourth-order valence-corrected chi connectivity index (χ4v) is 0.948. The summed E-state index contributed by atoms with van der Waals surface area (Å²) in [5.41, 5.74) is -0.0248. The van der Waals surface area contributed by atoms with Crippen molar-refractivity contribution in [1.82, 2.24) is 0 Å². The molecule has 2 N–H and O–H groups in total. The van der Waals surface area contributed by atoms with Crippen molar-refractivity contribution >= 4 is 5.97 Å². The number of benzene rings is 1. The Labute approximate surface area is 109 Å². The van der Waals surface area contributed by atoms with Crippen LogP contribution in [0.4, 0.5) is 4.39 Å². The van der Waals surface area contributed by atoms with Gasteiger partial charge >= 0.3 is 35.5 Å². The first-order chi connectivity index (χ1) is 6.15. The fraction of sp³-hybridized carbons (Fsp3) is 0.222. The van der Waals surface area contributed by atoms with Crippen LogP contribution in [0.3, 0.4) is 0 Å². The Bertz CT molecular complexity index is 330. The van der Waals surface area contributed by atoms with Crippen molar-refractivity contribution in [3.63, 3.8) is 0 Å². The van der Waals surface area contributed by atoms with Crippen LogP contribution in [-0.2, 0) is 0 Å². The molecule has 0 fully saturated rings. The van der Waals surface area contributed by atoms with Crippen LogP contribution in [0, 0.1) is 5.82 Å². The standard InChI is InChI=1S/C9H9FO3.Na.H2O/c1-2-13-8-5-6(10)3-4-7(8)9(11)12;;/h3-5H,2H2,1H3,(H,11,12);;1H2/q;+1;/p-1. The van der Waals surface area contributed by atoms with Crippen molar-refractivity contribution in [3.8, 4) is 5.75 Å². The molecule has 0 aliphatic rings. The molecule has 15 heavy (non-hydrogen) atoms. The number of carbonyl (C=O) groups is 1. The summed E-state index contributed by atoms with van der Waals surface area (Å²) in [6, 6.07) is 3.33. The molecule has 1 aromatic carbocycles. The van der Waals surface area contributed by atoms with E-state index in [2.05, 4.69) is 0 Å². The predicted molar refractivity (Wildman–Crippen MR) is 46.5 cm³/mol. The molecule has 0 aliphatic heterocycles. The van der Waals surface area contributed by atoms with Gasteiger partial charge in [-0.1, -0.05) is 0 Å². The van der Waals surface area contributed by atoms with Crippen LogP contribution >= 0.6 is 0 Å². The van der Waals surface area contributed by atoms with Gasteiger partial charge in [-0.15, -0.1) is 0 Å². The largest absolute Gasteiger partial charge is 1.00 e. The zero-order valence-electron chi connectivity index (χ0n) is 8.53. The van der Waals surface area contributed by atoms with Gasteiger partial charge in [0, 0.05) is 6.07 Å². The van der Waals surface area contributed by atoms with E-state index in [9.17, 15) is 9.18 Å². The molecule has 0 saturated heterocycles. The summed E-state index contributed by atoms with van der Waals surface area (Å²) in [7, 11) is 0. The third-order valence-electron chi connectivity index (χ3n) is 1.47. The average Bonchev–Trinajstić information content (AvgIpc) is 2.04. The number of rotatable bonds is 3. The molecule has 0 radical (unpaired) electrons. The fourth-order valence-electron chi connectivity index (χ4n) is 0.948. The van der Waals surface area contributed by atoms with Crippen molar-refractivity contribution in [3.05, 3.63) is 29.6 Å². The number of carboxylic acids is 1. The zero-order chi connectivity index (χ0) is 9.84. The summed E-state index contributed by atoms with van der Waals surface area (Å²) in [5.74, 6) is -1.56. The van der Waals surface area contributed by atoms with Gasteiger partial charge < -0.3 is 15.3 Å². The molecule has 1 aromatic rings. The number of carboxylic acid groups (broad SMARTS) is 1. The van der Waals surface area contributed by atoms with E-state index >= 15 is 0 Å². The summed E-state index contributed by atoms with van der Waals surface area (Å²) < 4.78 is 17.6. The van der Waals surface area contributed by atoms with E-state index in [1.54, 1.807) is 6.92 Å². The number of hydrogen-bond donors (Lipinski definition) is 1. The Morgan fingerprint density at radius 3 is 2.60 bits per heavy atom. The molecule has 0 bridgehead atoms. The number of halogens is 1. The smallest absolute Gasteiger partial charge is 0.870 e. The van der Waals surface area contributed by atoms with Crippen LogP contribution in [0.15, 0.2) is 18.2 Å². The number of hydrogen-bond acceptors (Lipinski definition) is 3. The molecule has 0 heterocycles. The van der Waals surface area contributed by atoms with E-state index in [1.165, 1.54) is 6.07 Å². The molecule has 0 aliphatic carbocycles. The molecule has 0 aromatic heterocycles. The van der Waals surface area contributed by atoms with Crippen molar-refractivity contribution in [1.29, 1.82) is 0 Å². The molecule has 0 saturated carbocycles. The predicted octanol–water partition coefficient (Wildman–Crippen LogP) is -1.25. The van der Waals surface area contributed by atoms with Gasteiger partial charge in [0.25, 0.3) is 0 Å².